The number of hydrogen-bond acceptors (Lipinski definition) is 2. The highest BCUT2D eigenvalue weighted by Crippen LogP contribution is 2.39. The van der Waals surface area contributed by atoms with Crippen LogP contribution in [0.5, 0.6) is 11.5 Å². The number of rotatable bonds is 8. The molecule has 30 heavy (non-hydrogen) atoms. The third-order valence-electron chi connectivity index (χ3n) is 5.86. The van der Waals surface area contributed by atoms with Crippen LogP contribution in [0.2, 0.25) is 0 Å². The fourth-order valence-corrected chi connectivity index (χ4v) is 4.22. The van der Waals surface area contributed by atoms with Crippen molar-refractivity contribution < 1.29 is 14.8 Å². The van der Waals surface area contributed by atoms with Crippen molar-refractivity contribution in [3.63, 3.8) is 0 Å². The SMILES string of the molecule is COc1cccc([C@@H](C[NH2+][C@H](C)c2ccccc2)c2c[nH]c3ccccc23)c1OC. The van der Waals surface area contributed by atoms with Crippen LogP contribution < -0.4 is 14.8 Å². The Kier molecular flexibility index (Phi) is 6.05. The second kappa shape index (κ2) is 9.06. The number of benzene rings is 3. The van der Waals surface area contributed by atoms with Crippen molar-refractivity contribution in [1.29, 1.82) is 0 Å². The van der Waals surface area contributed by atoms with Gasteiger partial charge in [0.05, 0.1) is 26.7 Å². The summed E-state index contributed by atoms with van der Waals surface area (Å²) in [5, 5.41) is 3.65. The molecule has 0 spiro atoms. The third kappa shape index (κ3) is 3.91. The average Bonchev–Trinajstić information content (AvgIpc) is 3.23. The molecule has 0 bridgehead atoms. The average molecular weight is 402 g/mol. The minimum absolute atomic E-state index is 0.150. The number of aromatic amines is 1. The van der Waals surface area contributed by atoms with Crippen LogP contribution in [0.15, 0.2) is 79.0 Å². The first kappa shape index (κ1) is 20.0. The van der Waals surface area contributed by atoms with Gasteiger partial charge < -0.3 is 19.8 Å². The molecule has 4 heteroatoms. The van der Waals surface area contributed by atoms with Crippen molar-refractivity contribution in [1.82, 2.24) is 4.98 Å². The van der Waals surface area contributed by atoms with Crippen LogP contribution >= 0.6 is 0 Å². The van der Waals surface area contributed by atoms with Gasteiger partial charge >= 0.3 is 0 Å². The molecule has 154 valence electrons. The molecule has 1 heterocycles. The summed E-state index contributed by atoms with van der Waals surface area (Å²) in [6.07, 6.45) is 2.13. The van der Waals surface area contributed by atoms with Crippen molar-refractivity contribution in [2.24, 2.45) is 0 Å². The fraction of sp³-hybridized carbons (Fsp3) is 0.231. The van der Waals surface area contributed by atoms with Gasteiger partial charge in [0.2, 0.25) is 0 Å². The zero-order valence-corrected chi connectivity index (χ0v) is 17.8. The maximum Gasteiger partial charge on any atom is 0.164 e. The number of aromatic nitrogens is 1. The van der Waals surface area contributed by atoms with Crippen LogP contribution in [0.4, 0.5) is 0 Å². The van der Waals surface area contributed by atoms with Gasteiger partial charge in [-0.3, -0.25) is 0 Å². The lowest BCUT2D eigenvalue weighted by Crippen LogP contribution is -2.85. The zero-order valence-electron chi connectivity index (χ0n) is 17.8. The van der Waals surface area contributed by atoms with Gasteiger partial charge in [0.15, 0.2) is 11.5 Å². The second-order valence-corrected chi connectivity index (χ2v) is 7.60. The summed E-state index contributed by atoms with van der Waals surface area (Å²) in [7, 11) is 3.40. The van der Waals surface area contributed by atoms with E-state index in [4.69, 9.17) is 9.47 Å². The summed E-state index contributed by atoms with van der Waals surface area (Å²) in [6.45, 7) is 3.14. The molecule has 0 fully saturated rings. The van der Waals surface area contributed by atoms with Gasteiger partial charge in [0.25, 0.3) is 0 Å². The Morgan fingerprint density at radius 2 is 1.60 bits per heavy atom. The Bertz CT molecular complexity index is 1100. The standard InChI is InChI=1S/C26H28N2O2/c1-18(19-10-5-4-6-11-19)27-16-23(21-13-9-15-25(29-2)26(21)30-3)22-17-28-24-14-8-7-12-20(22)24/h4-15,17-18,23,27-28H,16H2,1-3H3/p+1/t18-,23-/m1/s1. The number of nitrogens with one attached hydrogen (secondary N) is 1. The largest absolute Gasteiger partial charge is 0.493 e. The zero-order chi connectivity index (χ0) is 20.9. The molecule has 2 atom stereocenters. The first-order valence-electron chi connectivity index (χ1n) is 10.4. The molecule has 4 aromatic rings. The number of methoxy groups -OCH3 is 2. The molecule has 0 saturated carbocycles. The fourth-order valence-electron chi connectivity index (χ4n) is 4.22. The lowest BCUT2D eigenvalue weighted by molar-refractivity contribution is -0.693. The van der Waals surface area contributed by atoms with E-state index in [2.05, 4.69) is 84.1 Å². The number of fused-ring (bicyclic) bond motifs is 1. The summed E-state index contributed by atoms with van der Waals surface area (Å²) in [6, 6.07) is 25.6. The first-order valence-corrected chi connectivity index (χ1v) is 10.4. The Morgan fingerprint density at radius 3 is 2.37 bits per heavy atom. The molecule has 3 aromatic carbocycles. The summed E-state index contributed by atoms with van der Waals surface area (Å²) >= 11 is 0. The molecule has 0 saturated heterocycles. The molecule has 1 aromatic heterocycles. The van der Waals surface area contributed by atoms with Gasteiger partial charge in [-0.2, -0.15) is 0 Å². The Balaban J connectivity index is 1.74. The molecule has 4 rings (SSSR count). The Morgan fingerprint density at radius 1 is 0.833 bits per heavy atom. The number of H-pyrrole nitrogens is 1. The van der Waals surface area contributed by atoms with Crippen molar-refractivity contribution in [3.8, 4) is 11.5 Å². The monoisotopic (exact) mass is 401 g/mol. The molecule has 0 amide bonds. The van der Waals surface area contributed by atoms with Crippen LogP contribution in [-0.2, 0) is 0 Å². The minimum atomic E-state index is 0.150. The maximum absolute atomic E-state index is 5.80. The topological polar surface area (TPSA) is 50.9 Å². The van der Waals surface area contributed by atoms with Gasteiger partial charge in [-0.05, 0) is 24.6 Å². The summed E-state index contributed by atoms with van der Waals surface area (Å²) in [5.74, 6) is 1.71. The molecule has 0 aliphatic heterocycles. The van der Waals surface area contributed by atoms with Crippen LogP contribution in [0.1, 0.15) is 35.6 Å². The molecule has 3 N–H and O–H groups in total. The third-order valence-corrected chi connectivity index (χ3v) is 5.86. The highest BCUT2D eigenvalue weighted by atomic mass is 16.5. The summed E-state index contributed by atoms with van der Waals surface area (Å²) in [4.78, 5) is 3.44. The molecule has 4 nitrogen and oxygen atoms in total. The highest BCUT2D eigenvalue weighted by Gasteiger charge is 2.26. The quantitative estimate of drug-likeness (QED) is 0.452. The molecular formula is C26H29N2O2+. The van der Waals surface area contributed by atoms with E-state index in [0.717, 1.165) is 29.1 Å². The van der Waals surface area contributed by atoms with Gasteiger partial charge in [-0.1, -0.05) is 60.7 Å². The second-order valence-electron chi connectivity index (χ2n) is 7.60. The number of ether oxygens (including phenoxy) is 2. The predicted molar refractivity (Wildman–Crippen MR) is 121 cm³/mol. The van der Waals surface area contributed by atoms with Gasteiger partial charge in [-0.15, -0.1) is 0 Å². The van der Waals surface area contributed by atoms with Crippen molar-refractivity contribution in [2.75, 3.05) is 20.8 Å². The van der Waals surface area contributed by atoms with Gasteiger partial charge in [0, 0.05) is 28.2 Å². The van der Waals surface area contributed by atoms with E-state index in [0.29, 0.717) is 6.04 Å². The highest BCUT2D eigenvalue weighted by molar-refractivity contribution is 5.84. The normalized spacial score (nSPS) is 13.2. The van der Waals surface area contributed by atoms with E-state index in [1.807, 2.05) is 12.1 Å². The number of quaternary nitrogens is 1. The first-order chi connectivity index (χ1) is 14.7. The van der Waals surface area contributed by atoms with Gasteiger partial charge in [0.1, 0.15) is 6.04 Å². The van der Waals surface area contributed by atoms with E-state index in [-0.39, 0.29) is 5.92 Å². The number of nitrogens with two attached hydrogens (primary N) is 1. The number of hydrogen-bond donors (Lipinski definition) is 2. The lowest BCUT2D eigenvalue weighted by atomic mass is 9.89. The Labute approximate surface area is 177 Å². The van der Waals surface area contributed by atoms with Crippen molar-refractivity contribution in [3.05, 3.63) is 95.7 Å². The van der Waals surface area contributed by atoms with Crippen LogP contribution in [-0.4, -0.2) is 25.7 Å². The van der Waals surface area contributed by atoms with Crippen LogP contribution in [0.3, 0.4) is 0 Å². The predicted octanol–water partition coefficient (Wildman–Crippen LogP) is 4.64. The van der Waals surface area contributed by atoms with E-state index in [1.54, 1.807) is 14.2 Å². The van der Waals surface area contributed by atoms with Crippen LogP contribution in [0, 0.1) is 0 Å². The van der Waals surface area contributed by atoms with Gasteiger partial charge in [-0.25, -0.2) is 0 Å². The number of para-hydroxylation sites is 2. The van der Waals surface area contributed by atoms with Crippen LogP contribution in [0.25, 0.3) is 10.9 Å². The molecular weight excluding hydrogens is 372 g/mol. The van der Waals surface area contributed by atoms with E-state index < -0.39 is 0 Å². The van der Waals surface area contributed by atoms with E-state index in [9.17, 15) is 0 Å². The maximum atomic E-state index is 5.80. The molecule has 0 radical (unpaired) electrons. The van der Waals surface area contributed by atoms with E-state index >= 15 is 0 Å². The molecule has 0 aliphatic carbocycles. The molecule has 0 unspecified atom stereocenters. The lowest BCUT2D eigenvalue weighted by Gasteiger charge is -2.22. The van der Waals surface area contributed by atoms with Crippen molar-refractivity contribution in [2.45, 2.75) is 18.9 Å². The molecule has 0 aliphatic rings. The Hall–Kier alpha value is -3.24. The summed E-state index contributed by atoms with van der Waals surface area (Å²) in [5.41, 5.74) is 4.88. The summed E-state index contributed by atoms with van der Waals surface area (Å²) < 4.78 is 11.4. The smallest absolute Gasteiger partial charge is 0.164 e. The van der Waals surface area contributed by atoms with E-state index in [1.165, 1.54) is 16.5 Å². The minimum Gasteiger partial charge on any atom is -0.493 e. The van der Waals surface area contributed by atoms with Crippen molar-refractivity contribution >= 4 is 10.9 Å².